The Kier molecular flexibility index (Phi) is 5.27. The predicted molar refractivity (Wildman–Crippen MR) is 98.9 cm³/mol. The highest BCUT2D eigenvalue weighted by molar-refractivity contribution is 6.18. The van der Waals surface area contributed by atoms with Gasteiger partial charge in [0.05, 0.1) is 23.5 Å². The molecule has 7 heteroatoms. The highest BCUT2D eigenvalue weighted by Gasteiger charge is 2.62. The van der Waals surface area contributed by atoms with Gasteiger partial charge in [0.2, 0.25) is 0 Å². The van der Waals surface area contributed by atoms with Crippen LogP contribution in [-0.4, -0.2) is 51.9 Å². The Balaban J connectivity index is 2.07. The van der Waals surface area contributed by atoms with Crippen LogP contribution in [0.5, 0.6) is 0 Å². The third-order valence-electron chi connectivity index (χ3n) is 6.15. The predicted octanol–water partition coefficient (Wildman–Crippen LogP) is 1.89. The quantitative estimate of drug-likeness (QED) is 0.327. The smallest absolute Gasteiger partial charge is 0.334 e. The summed E-state index contributed by atoms with van der Waals surface area (Å²) in [5.41, 5.74) is -0.0590. The first-order valence-corrected chi connectivity index (χ1v) is 9.56. The molecule has 2 N–H and O–H groups in total. The first-order chi connectivity index (χ1) is 12.6. The molecule has 0 radical (unpaired) electrons. The van der Waals surface area contributed by atoms with Crippen molar-refractivity contribution in [3.63, 3.8) is 0 Å². The standard InChI is InChI=1S/C20H25ClO6/c1-5-9(2)18(23)26-13-7-20(25,8-21)16-12(22)6-10(3)14(16)17-15(13)11(4)19(24)27-17/h5-6,12-17,22,25H,4,7-8H2,1-3H3. The van der Waals surface area contributed by atoms with E-state index in [0.29, 0.717) is 5.57 Å². The van der Waals surface area contributed by atoms with Gasteiger partial charge in [-0.15, -0.1) is 11.6 Å². The van der Waals surface area contributed by atoms with E-state index >= 15 is 0 Å². The average molecular weight is 397 g/mol. The Bertz CT molecular complexity index is 741. The van der Waals surface area contributed by atoms with Gasteiger partial charge in [-0.1, -0.05) is 24.3 Å². The van der Waals surface area contributed by atoms with Gasteiger partial charge in [0.1, 0.15) is 12.2 Å². The molecule has 0 aromatic carbocycles. The molecule has 3 aliphatic rings. The molecule has 7 atom stereocenters. The van der Waals surface area contributed by atoms with Crippen LogP contribution in [0.2, 0.25) is 0 Å². The van der Waals surface area contributed by atoms with Crippen LogP contribution in [0.1, 0.15) is 27.2 Å². The number of rotatable bonds is 3. The van der Waals surface area contributed by atoms with E-state index in [9.17, 15) is 19.8 Å². The summed E-state index contributed by atoms with van der Waals surface area (Å²) in [5, 5.41) is 21.9. The molecule has 148 valence electrons. The number of aliphatic hydroxyl groups excluding tert-OH is 1. The van der Waals surface area contributed by atoms with Gasteiger partial charge in [-0.05, 0) is 20.8 Å². The number of carbonyl (C=O) groups excluding carboxylic acids is 2. The fraction of sp³-hybridized carbons (Fsp3) is 0.600. The molecule has 27 heavy (non-hydrogen) atoms. The van der Waals surface area contributed by atoms with E-state index in [4.69, 9.17) is 21.1 Å². The molecular formula is C20H25ClO6. The molecule has 1 saturated carbocycles. The largest absolute Gasteiger partial charge is 0.458 e. The third kappa shape index (κ3) is 3.13. The number of esters is 2. The summed E-state index contributed by atoms with van der Waals surface area (Å²) in [5.74, 6) is -2.92. The van der Waals surface area contributed by atoms with Crippen LogP contribution in [0.4, 0.5) is 0 Å². The van der Waals surface area contributed by atoms with E-state index in [-0.39, 0.29) is 17.9 Å². The van der Waals surface area contributed by atoms with E-state index in [1.165, 1.54) is 0 Å². The molecule has 1 heterocycles. The van der Waals surface area contributed by atoms with Crippen LogP contribution in [-0.2, 0) is 19.1 Å². The molecule has 7 unspecified atom stereocenters. The number of ether oxygens (including phenoxy) is 2. The molecule has 0 aromatic rings. The lowest BCUT2D eigenvalue weighted by Gasteiger charge is -2.38. The first-order valence-electron chi connectivity index (χ1n) is 9.03. The molecule has 0 bridgehead atoms. The van der Waals surface area contributed by atoms with Gasteiger partial charge in [0.15, 0.2) is 0 Å². The Morgan fingerprint density at radius 2 is 2.19 bits per heavy atom. The second-order valence-electron chi connectivity index (χ2n) is 7.73. The number of aliphatic hydroxyl groups is 2. The van der Waals surface area contributed by atoms with Gasteiger partial charge in [0, 0.05) is 29.4 Å². The number of alkyl halides is 1. The van der Waals surface area contributed by atoms with Crippen molar-refractivity contribution < 1.29 is 29.3 Å². The summed E-state index contributed by atoms with van der Waals surface area (Å²) in [6.07, 6.45) is 0.819. The first kappa shape index (κ1) is 20.1. The van der Waals surface area contributed by atoms with Crippen LogP contribution in [0, 0.1) is 17.8 Å². The zero-order valence-electron chi connectivity index (χ0n) is 15.6. The summed E-state index contributed by atoms with van der Waals surface area (Å²) >= 11 is 6.12. The lowest BCUT2D eigenvalue weighted by molar-refractivity contribution is -0.150. The van der Waals surface area contributed by atoms with Crippen molar-refractivity contribution in [2.24, 2.45) is 17.8 Å². The highest BCUT2D eigenvalue weighted by Crippen LogP contribution is 2.53. The molecule has 0 spiro atoms. The number of hydrogen-bond donors (Lipinski definition) is 2. The van der Waals surface area contributed by atoms with E-state index < -0.39 is 53.6 Å². The van der Waals surface area contributed by atoms with E-state index in [1.807, 2.05) is 6.92 Å². The van der Waals surface area contributed by atoms with Crippen molar-refractivity contribution in [3.8, 4) is 0 Å². The molecule has 6 nitrogen and oxygen atoms in total. The van der Waals surface area contributed by atoms with E-state index in [0.717, 1.165) is 5.57 Å². The lowest BCUT2D eigenvalue weighted by Crippen LogP contribution is -2.49. The number of carbonyl (C=O) groups is 2. The van der Waals surface area contributed by atoms with Gasteiger partial charge in [-0.3, -0.25) is 0 Å². The zero-order chi connectivity index (χ0) is 20.1. The maximum absolute atomic E-state index is 12.4. The van der Waals surface area contributed by atoms with Crippen molar-refractivity contribution in [1.29, 1.82) is 0 Å². The van der Waals surface area contributed by atoms with Crippen molar-refractivity contribution >= 4 is 23.5 Å². The number of hydrogen-bond acceptors (Lipinski definition) is 6. The van der Waals surface area contributed by atoms with E-state index in [2.05, 4.69) is 6.58 Å². The molecular weight excluding hydrogens is 372 g/mol. The van der Waals surface area contributed by atoms with Gasteiger partial charge < -0.3 is 19.7 Å². The Morgan fingerprint density at radius 3 is 2.78 bits per heavy atom. The molecule has 0 amide bonds. The summed E-state index contributed by atoms with van der Waals surface area (Å²) in [7, 11) is 0. The second-order valence-corrected chi connectivity index (χ2v) is 8.00. The summed E-state index contributed by atoms with van der Waals surface area (Å²) in [6.45, 7) is 9.01. The number of fused-ring (bicyclic) bond motifs is 3. The van der Waals surface area contributed by atoms with Gasteiger partial charge >= 0.3 is 11.9 Å². The minimum absolute atomic E-state index is 0.0184. The van der Waals surface area contributed by atoms with Gasteiger partial charge in [-0.25, -0.2) is 9.59 Å². The molecule has 1 saturated heterocycles. The van der Waals surface area contributed by atoms with Crippen LogP contribution in [0.15, 0.2) is 35.5 Å². The monoisotopic (exact) mass is 396 g/mol. The Morgan fingerprint density at radius 1 is 1.52 bits per heavy atom. The van der Waals surface area contributed by atoms with Crippen molar-refractivity contribution in [2.45, 2.75) is 51.1 Å². The van der Waals surface area contributed by atoms with Crippen LogP contribution < -0.4 is 0 Å². The summed E-state index contributed by atoms with van der Waals surface area (Å²) in [6, 6.07) is 0. The summed E-state index contributed by atoms with van der Waals surface area (Å²) < 4.78 is 11.2. The van der Waals surface area contributed by atoms with E-state index in [1.54, 1.807) is 26.0 Å². The molecule has 0 aromatic heterocycles. The summed E-state index contributed by atoms with van der Waals surface area (Å²) in [4.78, 5) is 24.6. The average Bonchev–Trinajstić information content (AvgIpc) is 3.04. The molecule has 1 aliphatic heterocycles. The zero-order valence-corrected chi connectivity index (χ0v) is 16.4. The maximum atomic E-state index is 12.4. The molecule has 3 rings (SSSR count). The van der Waals surface area contributed by atoms with Crippen LogP contribution in [0.3, 0.4) is 0 Å². The highest BCUT2D eigenvalue weighted by atomic mass is 35.5. The minimum atomic E-state index is -1.49. The van der Waals surface area contributed by atoms with Crippen LogP contribution in [0.25, 0.3) is 0 Å². The SMILES string of the molecule is C=C1C(=O)OC2C1C(OC(=O)C(C)=CC)CC(O)(CCl)C1C(O)C=C(C)C21. The van der Waals surface area contributed by atoms with Gasteiger partial charge in [0.25, 0.3) is 0 Å². The second kappa shape index (κ2) is 7.08. The number of allylic oxidation sites excluding steroid dienone is 1. The lowest BCUT2D eigenvalue weighted by atomic mass is 9.75. The fourth-order valence-electron chi connectivity index (χ4n) is 4.65. The third-order valence-corrected chi connectivity index (χ3v) is 6.61. The van der Waals surface area contributed by atoms with Gasteiger partial charge in [-0.2, -0.15) is 0 Å². The Labute approximate surface area is 163 Å². The van der Waals surface area contributed by atoms with Crippen molar-refractivity contribution in [1.82, 2.24) is 0 Å². The topological polar surface area (TPSA) is 93.1 Å². The number of halogens is 1. The van der Waals surface area contributed by atoms with Crippen molar-refractivity contribution in [2.75, 3.05) is 5.88 Å². The minimum Gasteiger partial charge on any atom is -0.458 e. The molecule has 2 aliphatic carbocycles. The maximum Gasteiger partial charge on any atom is 0.334 e. The fourth-order valence-corrected chi connectivity index (χ4v) is 4.94. The Hall–Kier alpha value is -1.63. The van der Waals surface area contributed by atoms with Crippen LogP contribution >= 0.6 is 11.6 Å². The normalized spacial score (nSPS) is 41.4. The van der Waals surface area contributed by atoms with Crippen molar-refractivity contribution in [3.05, 3.63) is 35.5 Å². The molecule has 2 fully saturated rings.